The number of likely N-dealkylation sites (tertiary alicyclic amines) is 1. The molecule has 0 unspecified atom stereocenters. The van der Waals surface area contributed by atoms with Crippen molar-refractivity contribution in [1.29, 1.82) is 0 Å². The van der Waals surface area contributed by atoms with Crippen LogP contribution in [0.4, 0.5) is 0 Å². The molecule has 4 heteroatoms. The Bertz CT molecular complexity index is 478. The number of benzene rings is 1. The smallest absolute Gasteiger partial charge is 0.160 e. The number of methoxy groups -OCH3 is 2. The number of ether oxygens (including phenoxy) is 2. The van der Waals surface area contributed by atoms with E-state index in [1.165, 1.54) is 18.5 Å². The van der Waals surface area contributed by atoms with E-state index in [1.807, 2.05) is 6.07 Å². The van der Waals surface area contributed by atoms with Crippen LogP contribution in [-0.2, 0) is 6.42 Å². The SMILES string of the molecule is COc1ccc(CCN[C@H]2C[C@@H](C)N(C)C[C@@H]2C)cc1OC. The highest BCUT2D eigenvalue weighted by Crippen LogP contribution is 2.27. The third-order valence-corrected chi connectivity index (χ3v) is 4.88. The minimum atomic E-state index is 0.617. The standard InChI is InChI=1S/C18H30N2O2/c1-13-12-20(3)14(2)10-16(13)19-9-8-15-6-7-17(21-4)18(11-15)22-5/h6-7,11,13-14,16,19H,8-10,12H2,1-5H3/t13-,14+,16-/m0/s1. The number of rotatable bonds is 6. The fourth-order valence-electron chi connectivity index (χ4n) is 3.26. The van der Waals surface area contributed by atoms with Crippen LogP contribution in [0.2, 0.25) is 0 Å². The van der Waals surface area contributed by atoms with E-state index in [0.29, 0.717) is 18.0 Å². The summed E-state index contributed by atoms with van der Waals surface area (Å²) in [6, 6.07) is 7.44. The normalized spacial score (nSPS) is 26.0. The topological polar surface area (TPSA) is 33.7 Å². The number of piperidine rings is 1. The lowest BCUT2D eigenvalue weighted by Crippen LogP contribution is -2.51. The van der Waals surface area contributed by atoms with Gasteiger partial charge < -0.3 is 19.7 Å². The van der Waals surface area contributed by atoms with E-state index in [4.69, 9.17) is 9.47 Å². The average Bonchev–Trinajstić information content (AvgIpc) is 2.52. The molecule has 1 aromatic rings. The average molecular weight is 306 g/mol. The molecule has 4 nitrogen and oxygen atoms in total. The van der Waals surface area contributed by atoms with Gasteiger partial charge in [-0.25, -0.2) is 0 Å². The van der Waals surface area contributed by atoms with Gasteiger partial charge in [0, 0.05) is 18.6 Å². The lowest BCUT2D eigenvalue weighted by molar-refractivity contribution is 0.122. The molecule has 1 heterocycles. The van der Waals surface area contributed by atoms with Crippen molar-refractivity contribution < 1.29 is 9.47 Å². The lowest BCUT2D eigenvalue weighted by atomic mass is 9.90. The van der Waals surface area contributed by atoms with Crippen molar-refractivity contribution in [1.82, 2.24) is 10.2 Å². The maximum absolute atomic E-state index is 5.37. The first kappa shape index (κ1) is 17.1. The number of nitrogens with zero attached hydrogens (tertiary/aromatic N) is 1. The maximum Gasteiger partial charge on any atom is 0.160 e. The molecule has 0 spiro atoms. The summed E-state index contributed by atoms with van der Waals surface area (Å²) in [5.74, 6) is 2.30. The van der Waals surface area contributed by atoms with Gasteiger partial charge in [-0.15, -0.1) is 0 Å². The molecule has 22 heavy (non-hydrogen) atoms. The van der Waals surface area contributed by atoms with Crippen LogP contribution in [-0.4, -0.2) is 51.3 Å². The van der Waals surface area contributed by atoms with Gasteiger partial charge in [0.05, 0.1) is 14.2 Å². The summed E-state index contributed by atoms with van der Waals surface area (Å²) in [6.07, 6.45) is 2.23. The number of hydrogen-bond acceptors (Lipinski definition) is 4. The summed E-state index contributed by atoms with van der Waals surface area (Å²) >= 11 is 0. The second kappa shape index (κ2) is 7.84. The van der Waals surface area contributed by atoms with Crippen molar-refractivity contribution in [2.75, 3.05) is 34.4 Å². The molecule has 2 rings (SSSR count). The lowest BCUT2D eigenvalue weighted by Gasteiger charge is -2.40. The summed E-state index contributed by atoms with van der Waals surface area (Å²) in [5.41, 5.74) is 1.28. The Kier molecular flexibility index (Phi) is 6.09. The number of nitrogens with one attached hydrogen (secondary N) is 1. The second-order valence-corrected chi connectivity index (χ2v) is 6.50. The zero-order valence-corrected chi connectivity index (χ0v) is 14.6. The van der Waals surface area contributed by atoms with Crippen LogP contribution >= 0.6 is 0 Å². The van der Waals surface area contributed by atoms with Gasteiger partial charge in [0.15, 0.2) is 11.5 Å². The van der Waals surface area contributed by atoms with Crippen molar-refractivity contribution in [3.8, 4) is 11.5 Å². The first-order chi connectivity index (χ1) is 10.5. The largest absolute Gasteiger partial charge is 0.493 e. The Balaban J connectivity index is 1.86. The molecule has 1 saturated heterocycles. The first-order valence-electron chi connectivity index (χ1n) is 8.19. The Morgan fingerprint density at radius 2 is 1.91 bits per heavy atom. The quantitative estimate of drug-likeness (QED) is 0.876. The highest BCUT2D eigenvalue weighted by molar-refractivity contribution is 5.42. The highest BCUT2D eigenvalue weighted by Gasteiger charge is 2.28. The Morgan fingerprint density at radius 3 is 2.59 bits per heavy atom. The summed E-state index contributed by atoms with van der Waals surface area (Å²) < 4.78 is 10.6. The Labute approximate surface area is 134 Å². The fraction of sp³-hybridized carbons (Fsp3) is 0.667. The van der Waals surface area contributed by atoms with Crippen LogP contribution in [0, 0.1) is 5.92 Å². The minimum Gasteiger partial charge on any atom is -0.493 e. The molecule has 0 aliphatic carbocycles. The van der Waals surface area contributed by atoms with Gasteiger partial charge in [-0.2, -0.15) is 0 Å². The molecule has 1 aliphatic rings. The summed E-state index contributed by atoms with van der Waals surface area (Å²) in [5, 5.41) is 3.74. The highest BCUT2D eigenvalue weighted by atomic mass is 16.5. The van der Waals surface area contributed by atoms with Gasteiger partial charge in [-0.05, 0) is 57.0 Å². The second-order valence-electron chi connectivity index (χ2n) is 6.50. The van der Waals surface area contributed by atoms with Crippen LogP contribution in [0.5, 0.6) is 11.5 Å². The van der Waals surface area contributed by atoms with Crippen molar-refractivity contribution in [2.24, 2.45) is 5.92 Å². The third kappa shape index (κ3) is 4.14. The molecule has 0 saturated carbocycles. The summed E-state index contributed by atoms with van der Waals surface area (Å²) in [4.78, 5) is 2.46. The summed E-state index contributed by atoms with van der Waals surface area (Å²) in [7, 11) is 5.57. The minimum absolute atomic E-state index is 0.617. The Hall–Kier alpha value is -1.26. The molecule has 3 atom stereocenters. The van der Waals surface area contributed by atoms with Gasteiger partial charge >= 0.3 is 0 Å². The van der Waals surface area contributed by atoms with Crippen molar-refractivity contribution in [3.05, 3.63) is 23.8 Å². The zero-order valence-electron chi connectivity index (χ0n) is 14.6. The van der Waals surface area contributed by atoms with E-state index in [2.05, 4.69) is 43.2 Å². The molecule has 1 N–H and O–H groups in total. The molecular formula is C18H30N2O2. The van der Waals surface area contributed by atoms with Gasteiger partial charge in [-0.3, -0.25) is 0 Å². The third-order valence-electron chi connectivity index (χ3n) is 4.88. The predicted octanol–water partition coefficient (Wildman–Crippen LogP) is 2.56. The Morgan fingerprint density at radius 1 is 1.18 bits per heavy atom. The van der Waals surface area contributed by atoms with Crippen LogP contribution in [0.25, 0.3) is 0 Å². The van der Waals surface area contributed by atoms with Crippen LogP contribution in [0.1, 0.15) is 25.8 Å². The van der Waals surface area contributed by atoms with E-state index < -0.39 is 0 Å². The molecule has 1 aromatic carbocycles. The first-order valence-corrected chi connectivity index (χ1v) is 8.19. The summed E-state index contributed by atoms with van der Waals surface area (Å²) in [6.45, 7) is 6.83. The van der Waals surface area contributed by atoms with E-state index in [1.54, 1.807) is 14.2 Å². The van der Waals surface area contributed by atoms with Crippen molar-refractivity contribution in [3.63, 3.8) is 0 Å². The molecule has 1 aliphatic heterocycles. The maximum atomic E-state index is 5.37. The van der Waals surface area contributed by atoms with Gasteiger partial charge in [0.25, 0.3) is 0 Å². The van der Waals surface area contributed by atoms with E-state index >= 15 is 0 Å². The molecule has 124 valence electrons. The zero-order chi connectivity index (χ0) is 16.1. The van der Waals surface area contributed by atoms with E-state index in [9.17, 15) is 0 Å². The fourth-order valence-corrected chi connectivity index (χ4v) is 3.26. The molecule has 0 bridgehead atoms. The van der Waals surface area contributed by atoms with Crippen LogP contribution in [0.15, 0.2) is 18.2 Å². The van der Waals surface area contributed by atoms with Gasteiger partial charge in [0.2, 0.25) is 0 Å². The molecule has 1 fully saturated rings. The molecule has 0 radical (unpaired) electrons. The van der Waals surface area contributed by atoms with Crippen LogP contribution < -0.4 is 14.8 Å². The monoisotopic (exact) mass is 306 g/mol. The molecular weight excluding hydrogens is 276 g/mol. The predicted molar refractivity (Wildman–Crippen MR) is 90.9 cm³/mol. The van der Waals surface area contributed by atoms with Crippen LogP contribution in [0.3, 0.4) is 0 Å². The van der Waals surface area contributed by atoms with E-state index in [0.717, 1.165) is 24.5 Å². The molecule has 0 amide bonds. The van der Waals surface area contributed by atoms with Crippen molar-refractivity contribution >= 4 is 0 Å². The van der Waals surface area contributed by atoms with Gasteiger partial charge in [0.1, 0.15) is 0 Å². The van der Waals surface area contributed by atoms with E-state index in [-0.39, 0.29) is 0 Å². The van der Waals surface area contributed by atoms with Gasteiger partial charge in [-0.1, -0.05) is 13.0 Å². The molecule has 0 aromatic heterocycles. The number of hydrogen-bond donors (Lipinski definition) is 1. The van der Waals surface area contributed by atoms with Crippen molar-refractivity contribution in [2.45, 2.75) is 38.8 Å².